The van der Waals surface area contributed by atoms with E-state index in [9.17, 15) is 0 Å². The highest BCUT2D eigenvalue weighted by Crippen LogP contribution is 2.34. The molecule has 0 bridgehead atoms. The third-order valence-corrected chi connectivity index (χ3v) is 3.73. The van der Waals surface area contributed by atoms with Crippen molar-refractivity contribution >= 4 is 16.5 Å². The highest BCUT2D eigenvalue weighted by atomic mass is 32.1. The average Bonchev–Trinajstić information content (AvgIpc) is 2.91. The van der Waals surface area contributed by atoms with Gasteiger partial charge in [-0.25, -0.2) is 4.98 Å². The van der Waals surface area contributed by atoms with E-state index in [0.29, 0.717) is 12.6 Å². The van der Waals surface area contributed by atoms with E-state index in [2.05, 4.69) is 23.7 Å². The van der Waals surface area contributed by atoms with Gasteiger partial charge < -0.3 is 10.6 Å². The van der Waals surface area contributed by atoms with E-state index in [1.807, 2.05) is 0 Å². The second kappa shape index (κ2) is 3.87. The van der Waals surface area contributed by atoms with Gasteiger partial charge in [0.2, 0.25) is 0 Å². The van der Waals surface area contributed by atoms with E-state index in [1.165, 1.54) is 17.7 Å². The fraction of sp³-hybridized carbons (Fsp3) is 0.700. The number of anilines is 1. The number of nitrogens with zero attached hydrogens (tertiary/aromatic N) is 2. The lowest BCUT2D eigenvalue weighted by atomic mass is 10.4. The smallest absolute Gasteiger partial charge is 0.186 e. The Morgan fingerprint density at radius 3 is 2.64 bits per heavy atom. The van der Waals surface area contributed by atoms with Gasteiger partial charge in [0, 0.05) is 24.0 Å². The van der Waals surface area contributed by atoms with E-state index < -0.39 is 0 Å². The fourth-order valence-electron chi connectivity index (χ4n) is 1.54. The fourth-order valence-corrected chi connectivity index (χ4v) is 2.55. The average molecular weight is 211 g/mol. The molecule has 0 aliphatic heterocycles. The molecule has 14 heavy (non-hydrogen) atoms. The maximum atomic E-state index is 5.61. The molecule has 0 unspecified atom stereocenters. The van der Waals surface area contributed by atoms with Gasteiger partial charge in [0.1, 0.15) is 0 Å². The molecule has 0 spiro atoms. The summed E-state index contributed by atoms with van der Waals surface area (Å²) in [5.41, 5.74) is 6.77. The molecule has 78 valence electrons. The normalized spacial score (nSPS) is 15.9. The summed E-state index contributed by atoms with van der Waals surface area (Å²) in [6.45, 7) is 5.86. The Morgan fingerprint density at radius 1 is 1.50 bits per heavy atom. The van der Waals surface area contributed by atoms with Crippen LogP contribution in [0.4, 0.5) is 5.13 Å². The number of hydrogen-bond acceptors (Lipinski definition) is 4. The summed E-state index contributed by atoms with van der Waals surface area (Å²) in [4.78, 5) is 8.27. The second-order valence-electron chi connectivity index (χ2n) is 3.85. The van der Waals surface area contributed by atoms with Gasteiger partial charge >= 0.3 is 0 Å². The molecule has 2 N–H and O–H groups in total. The van der Waals surface area contributed by atoms with E-state index in [-0.39, 0.29) is 0 Å². The maximum Gasteiger partial charge on any atom is 0.186 e. The van der Waals surface area contributed by atoms with Crippen molar-refractivity contribution in [3.63, 3.8) is 0 Å². The van der Waals surface area contributed by atoms with E-state index in [4.69, 9.17) is 5.73 Å². The molecule has 1 aliphatic carbocycles. The van der Waals surface area contributed by atoms with Crippen LogP contribution in [0.25, 0.3) is 0 Å². The molecular weight excluding hydrogens is 194 g/mol. The first kappa shape index (κ1) is 9.93. The molecule has 0 amide bonds. The van der Waals surface area contributed by atoms with Crippen molar-refractivity contribution in [2.45, 2.75) is 32.7 Å². The lowest BCUT2D eigenvalue weighted by Crippen LogP contribution is -2.31. The summed E-state index contributed by atoms with van der Waals surface area (Å²) >= 11 is 1.79. The highest BCUT2D eigenvalue weighted by molar-refractivity contribution is 7.15. The van der Waals surface area contributed by atoms with Crippen LogP contribution in [0, 0.1) is 13.8 Å². The Hall–Kier alpha value is -0.610. The van der Waals surface area contributed by atoms with Gasteiger partial charge in [-0.15, -0.1) is 11.3 Å². The summed E-state index contributed by atoms with van der Waals surface area (Å²) in [6, 6.07) is 0.712. The van der Waals surface area contributed by atoms with Gasteiger partial charge in [-0.3, -0.25) is 0 Å². The van der Waals surface area contributed by atoms with Crippen LogP contribution < -0.4 is 10.6 Å². The van der Waals surface area contributed by atoms with E-state index in [1.54, 1.807) is 11.3 Å². The molecule has 0 aromatic carbocycles. The number of hydrogen-bond donors (Lipinski definition) is 1. The Labute approximate surface area is 88.9 Å². The molecule has 1 aromatic rings. The minimum atomic E-state index is 0.712. The molecule has 1 fully saturated rings. The van der Waals surface area contributed by atoms with Gasteiger partial charge in [-0.1, -0.05) is 0 Å². The van der Waals surface area contributed by atoms with E-state index in [0.717, 1.165) is 17.4 Å². The quantitative estimate of drug-likeness (QED) is 0.824. The first-order valence-corrected chi connectivity index (χ1v) is 5.94. The summed E-state index contributed by atoms with van der Waals surface area (Å²) < 4.78 is 0. The lowest BCUT2D eigenvalue weighted by Gasteiger charge is -2.20. The number of thiazole rings is 1. The summed E-state index contributed by atoms with van der Waals surface area (Å²) in [6.07, 6.45) is 2.61. The zero-order valence-corrected chi connectivity index (χ0v) is 9.60. The topological polar surface area (TPSA) is 42.2 Å². The standard InChI is InChI=1S/C10H17N3S/c1-7-8(2)14-10(12-7)13(6-5-11)9-3-4-9/h9H,3-6,11H2,1-2H3. The zero-order chi connectivity index (χ0) is 10.1. The van der Waals surface area contributed by atoms with Gasteiger partial charge in [0.15, 0.2) is 5.13 Å². The molecule has 0 radical (unpaired) electrons. The second-order valence-corrected chi connectivity index (χ2v) is 5.03. The van der Waals surface area contributed by atoms with Gasteiger partial charge in [-0.05, 0) is 26.7 Å². The predicted octanol–water partition coefficient (Wildman–Crippen LogP) is 1.69. The molecule has 0 atom stereocenters. The first-order chi connectivity index (χ1) is 6.72. The van der Waals surface area contributed by atoms with Crippen molar-refractivity contribution < 1.29 is 0 Å². The largest absolute Gasteiger partial charge is 0.344 e. The molecule has 1 heterocycles. The SMILES string of the molecule is Cc1nc(N(CCN)C2CC2)sc1C. The molecule has 3 nitrogen and oxygen atoms in total. The monoisotopic (exact) mass is 211 g/mol. The Bertz CT molecular complexity index is 298. The van der Waals surface area contributed by atoms with Gasteiger partial charge in [0.05, 0.1) is 5.69 Å². The van der Waals surface area contributed by atoms with Crippen molar-refractivity contribution in [2.24, 2.45) is 5.73 Å². The van der Waals surface area contributed by atoms with Crippen molar-refractivity contribution in [2.75, 3.05) is 18.0 Å². The van der Waals surface area contributed by atoms with Crippen molar-refractivity contribution in [1.29, 1.82) is 0 Å². The van der Waals surface area contributed by atoms with Crippen molar-refractivity contribution in [1.82, 2.24) is 4.98 Å². The maximum absolute atomic E-state index is 5.61. The van der Waals surface area contributed by atoms with Gasteiger partial charge in [-0.2, -0.15) is 0 Å². The number of nitrogens with two attached hydrogens (primary N) is 1. The van der Waals surface area contributed by atoms with Crippen molar-refractivity contribution in [3.05, 3.63) is 10.6 Å². The molecule has 1 saturated carbocycles. The van der Waals surface area contributed by atoms with Crippen molar-refractivity contribution in [3.8, 4) is 0 Å². The molecular formula is C10H17N3S. The van der Waals surface area contributed by atoms with Crippen LogP contribution in [0.15, 0.2) is 0 Å². The predicted molar refractivity (Wildman–Crippen MR) is 61.0 cm³/mol. The van der Waals surface area contributed by atoms with Crippen LogP contribution in [-0.2, 0) is 0 Å². The summed E-state index contributed by atoms with van der Waals surface area (Å²) in [7, 11) is 0. The van der Waals surface area contributed by atoms with Crippen LogP contribution in [-0.4, -0.2) is 24.1 Å². The number of rotatable bonds is 4. The third-order valence-electron chi connectivity index (χ3n) is 2.62. The van der Waals surface area contributed by atoms with Crippen LogP contribution in [0.5, 0.6) is 0 Å². The lowest BCUT2D eigenvalue weighted by molar-refractivity contribution is 0.780. The van der Waals surface area contributed by atoms with Gasteiger partial charge in [0.25, 0.3) is 0 Å². The van der Waals surface area contributed by atoms with Crippen LogP contribution in [0.3, 0.4) is 0 Å². The Balaban J connectivity index is 2.16. The first-order valence-electron chi connectivity index (χ1n) is 5.13. The third kappa shape index (κ3) is 1.91. The number of aromatic nitrogens is 1. The molecule has 2 rings (SSSR count). The highest BCUT2D eigenvalue weighted by Gasteiger charge is 2.30. The van der Waals surface area contributed by atoms with E-state index >= 15 is 0 Å². The molecule has 4 heteroatoms. The minimum absolute atomic E-state index is 0.712. The summed E-state index contributed by atoms with van der Waals surface area (Å²) in [5.74, 6) is 0. The van der Waals surface area contributed by atoms with Crippen LogP contribution in [0.2, 0.25) is 0 Å². The Kier molecular flexibility index (Phi) is 2.74. The minimum Gasteiger partial charge on any atom is -0.344 e. The Morgan fingerprint density at radius 2 is 2.21 bits per heavy atom. The van der Waals surface area contributed by atoms with Crippen LogP contribution in [0.1, 0.15) is 23.4 Å². The molecule has 0 saturated heterocycles. The molecule has 1 aromatic heterocycles. The number of aryl methyl sites for hydroxylation is 2. The zero-order valence-electron chi connectivity index (χ0n) is 8.79. The molecule has 1 aliphatic rings. The summed E-state index contributed by atoms with van der Waals surface area (Å²) in [5, 5.41) is 1.16. The van der Waals surface area contributed by atoms with Crippen LogP contribution >= 0.6 is 11.3 Å².